The molecule has 27 heavy (non-hydrogen) atoms. The van der Waals surface area contributed by atoms with Gasteiger partial charge in [0.15, 0.2) is 0 Å². The molecular formula is C18H23N3O4S2. The van der Waals surface area contributed by atoms with Gasteiger partial charge >= 0.3 is 0 Å². The van der Waals surface area contributed by atoms with Crippen molar-refractivity contribution in [1.29, 1.82) is 0 Å². The Bertz CT molecular complexity index is 997. The van der Waals surface area contributed by atoms with Gasteiger partial charge in [0.05, 0.1) is 21.2 Å². The molecule has 7 nitrogen and oxygen atoms in total. The van der Waals surface area contributed by atoms with E-state index < -0.39 is 20.0 Å². The lowest BCUT2D eigenvalue weighted by Crippen LogP contribution is -2.30. The van der Waals surface area contributed by atoms with Crippen molar-refractivity contribution in [3.8, 4) is 0 Å². The van der Waals surface area contributed by atoms with Crippen LogP contribution in [0.3, 0.4) is 0 Å². The minimum absolute atomic E-state index is 0.00556. The summed E-state index contributed by atoms with van der Waals surface area (Å²) in [5.41, 5.74) is 1.38. The lowest BCUT2D eigenvalue weighted by atomic mass is 10.1. The molecule has 0 atom stereocenters. The summed E-state index contributed by atoms with van der Waals surface area (Å²) < 4.78 is 54.0. The van der Waals surface area contributed by atoms with E-state index >= 15 is 0 Å². The summed E-state index contributed by atoms with van der Waals surface area (Å²) in [7, 11) is -6.14. The first-order valence-electron chi connectivity index (χ1n) is 8.74. The highest BCUT2D eigenvalue weighted by Gasteiger charge is 2.20. The Labute approximate surface area is 160 Å². The molecule has 2 aromatic rings. The predicted octanol–water partition coefficient (Wildman–Crippen LogP) is 2.39. The number of nitrogens with one attached hydrogen (secondary N) is 2. The van der Waals surface area contributed by atoms with Gasteiger partial charge in [0, 0.05) is 13.1 Å². The molecule has 0 aliphatic carbocycles. The first kappa shape index (κ1) is 19.7. The van der Waals surface area contributed by atoms with E-state index in [1.165, 1.54) is 37.7 Å². The Morgan fingerprint density at radius 2 is 1.33 bits per heavy atom. The maximum atomic E-state index is 12.8. The highest BCUT2D eigenvalue weighted by atomic mass is 32.2. The summed E-state index contributed by atoms with van der Waals surface area (Å²) in [5.74, 6) is 0. The molecule has 0 amide bonds. The first-order valence-corrected chi connectivity index (χ1v) is 11.7. The molecule has 1 saturated heterocycles. The quantitative estimate of drug-likeness (QED) is 0.764. The fraction of sp³-hybridized carbons (Fsp3) is 0.333. The third-order valence-electron chi connectivity index (χ3n) is 4.56. The molecule has 0 bridgehead atoms. The largest absolute Gasteiger partial charge is 0.370 e. The maximum absolute atomic E-state index is 12.8. The van der Waals surface area contributed by atoms with E-state index in [1.807, 2.05) is 12.1 Å². The Morgan fingerprint density at radius 1 is 0.778 bits per heavy atom. The molecule has 1 heterocycles. The molecule has 0 radical (unpaired) electrons. The average Bonchev–Trinajstić information content (AvgIpc) is 2.69. The van der Waals surface area contributed by atoms with Crippen molar-refractivity contribution in [3.63, 3.8) is 0 Å². The van der Waals surface area contributed by atoms with Crippen LogP contribution in [0.5, 0.6) is 0 Å². The molecule has 3 rings (SSSR count). The van der Waals surface area contributed by atoms with Crippen LogP contribution in [0.2, 0.25) is 0 Å². The second-order valence-electron chi connectivity index (χ2n) is 6.35. The molecule has 2 N–H and O–H groups in total. The number of benzene rings is 2. The lowest BCUT2D eigenvalue weighted by molar-refractivity contribution is 0.578. The molecule has 9 heteroatoms. The summed E-state index contributed by atoms with van der Waals surface area (Å²) >= 11 is 0. The molecular weight excluding hydrogens is 386 g/mol. The van der Waals surface area contributed by atoms with Crippen molar-refractivity contribution in [1.82, 2.24) is 4.72 Å². The van der Waals surface area contributed by atoms with E-state index in [-0.39, 0.29) is 9.79 Å². The molecule has 1 aliphatic heterocycles. The minimum Gasteiger partial charge on any atom is -0.370 e. The lowest BCUT2D eigenvalue weighted by Gasteiger charge is -2.30. The van der Waals surface area contributed by atoms with Crippen LogP contribution in [-0.4, -0.2) is 37.0 Å². The van der Waals surface area contributed by atoms with Gasteiger partial charge < -0.3 is 4.90 Å². The van der Waals surface area contributed by atoms with E-state index in [9.17, 15) is 16.8 Å². The van der Waals surface area contributed by atoms with Crippen LogP contribution in [0.4, 0.5) is 11.4 Å². The summed E-state index contributed by atoms with van der Waals surface area (Å²) in [6.07, 6.45) is 3.36. The van der Waals surface area contributed by atoms with Gasteiger partial charge in [-0.25, -0.2) is 21.6 Å². The second kappa shape index (κ2) is 7.87. The van der Waals surface area contributed by atoms with Crippen LogP contribution in [-0.2, 0) is 20.0 Å². The molecule has 0 aromatic heterocycles. The molecule has 2 aromatic carbocycles. The Kier molecular flexibility index (Phi) is 5.73. The van der Waals surface area contributed by atoms with Crippen molar-refractivity contribution >= 4 is 31.4 Å². The minimum atomic E-state index is -3.84. The zero-order valence-corrected chi connectivity index (χ0v) is 16.7. The fourth-order valence-electron chi connectivity index (χ4n) is 3.09. The number of hydrogen-bond acceptors (Lipinski definition) is 5. The summed E-state index contributed by atoms with van der Waals surface area (Å²) in [5, 5.41) is 0. The second-order valence-corrected chi connectivity index (χ2v) is 9.92. The fourth-order valence-corrected chi connectivity index (χ4v) is 4.89. The number of sulfonamides is 2. The Morgan fingerprint density at radius 3 is 1.93 bits per heavy atom. The third-order valence-corrected chi connectivity index (χ3v) is 7.37. The topological polar surface area (TPSA) is 95.6 Å². The smallest absolute Gasteiger partial charge is 0.261 e. The van der Waals surface area contributed by atoms with Crippen molar-refractivity contribution in [2.75, 3.05) is 29.8 Å². The van der Waals surface area contributed by atoms with Gasteiger partial charge in [-0.15, -0.1) is 0 Å². The van der Waals surface area contributed by atoms with E-state index in [1.54, 1.807) is 12.1 Å². The van der Waals surface area contributed by atoms with Crippen molar-refractivity contribution in [2.45, 2.75) is 29.1 Å². The molecule has 1 aliphatic rings. The Hall–Kier alpha value is -2.10. The normalized spacial score (nSPS) is 15.5. The van der Waals surface area contributed by atoms with Crippen molar-refractivity contribution < 1.29 is 16.8 Å². The summed E-state index contributed by atoms with van der Waals surface area (Å²) in [6.45, 7) is 1.80. The van der Waals surface area contributed by atoms with Gasteiger partial charge in [0.25, 0.3) is 10.0 Å². The maximum Gasteiger partial charge on any atom is 0.261 e. The SMILES string of the molecule is CNS(=O)(=O)c1ccc(S(=O)(=O)Nc2ccccc2N2CCCCC2)cc1. The molecule has 0 spiro atoms. The monoisotopic (exact) mass is 409 g/mol. The number of nitrogens with zero attached hydrogens (tertiary/aromatic N) is 1. The van der Waals surface area contributed by atoms with Crippen LogP contribution in [0.25, 0.3) is 0 Å². The Balaban J connectivity index is 1.87. The van der Waals surface area contributed by atoms with Crippen LogP contribution in [0.1, 0.15) is 19.3 Å². The van der Waals surface area contributed by atoms with Crippen LogP contribution < -0.4 is 14.3 Å². The van der Waals surface area contributed by atoms with E-state index in [4.69, 9.17) is 0 Å². The zero-order valence-electron chi connectivity index (χ0n) is 15.1. The highest BCUT2D eigenvalue weighted by Crippen LogP contribution is 2.30. The third kappa shape index (κ3) is 4.42. The number of para-hydroxylation sites is 2. The number of hydrogen-bond donors (Lipinski definition) is 2. The first-order chi connectivity index (χ1) is 12.8. The van der Waals surface area contributed by atoms with Gasteiger partial charge in [-0.1, -0.05) is 12.1 Å². The molecule has 0 unspecified atom stereocenters. The predicted molar refractivity (Wildman–Crippen MR) is 106 cm³/mol. The van der Waals surface area contributed by atoms with Gasteiger partial charge in [0.2, 0.25) is 10.0 Å². The highest BCUT2D eigenvalue weighted by molar-refractivity contribution is 7.92. The zero-order chi connectivity index (χ0) is 19.5. The van der Waals surface area contributed by atoms with Crippen LogP contribution in [0.15, 0.2) is 58.3 Å². The van der Waals surface area contributed by atoms with Gasteiger partial charge in [0.1, 0.15) is 0 Å². The van der Waals surface area contributed by atoms with E-state index in [0.29, 0.717) is 5.69 Å². The standard InChI is InChI=1S/C18H23N3O4S2/c1-19-26(22,23)15-9-11-16(12-10-15)27(24,25)20-17-7-3-4-8-18(17)21-13-5-2-6-14-21/h3-4,7-12,19-20H,2,5-6,13-14H2,1H3. The van der Waals surface area contributed by atoms with Gasteiger partial charge in [-0.3, -0.25) is 4.72 Å². The van der Waals surface area contributed by atoms with E-state index in [0.717, 1.165) is 31.6 Å². The summed E-state index contributed by atoms with van der Waals surface area (Å²) in [4.78, 5) is 2.20. The van der Waals surface area contributed by atoms with Crippen molar-refractivity contribution in [3.05, 3.63) is 48.5 Å². The van der Waals surface area contributed by atoms with Gasteiger partial charge in [-0.05, 0) is 62.7 Å². The molecule has 1 fully saturated rings. The number of rotatable bonds is 6. The summed E-state index contributed by atoms with van der Waals surface area (Å²) in [6, 6.07) is 12.4. The molecule has 146 valence electrons. The van der Waals surface area contributed by atoms with Crippen LogP contribution in [0, 0.1) is 0 Å². The van der Waals surface area contributed by atoms with E-state index in [2.05, 4.69) is 14.3 Å². The van der Waals surface area contributed by atoms with Crippen LogP contribution >= 0.6 is 0 Å². The number of piperidine rings is 1. The average molecular weight is 410 g/mol. The van der Waals surface area contributed by atoms with Gasteiger partial charge in [-0.2, -0.15) is 0 Å². The van der Waals surface area contributed by atoms with Crippen molar-refractivity contribution in [2.24, 2.45) is 0 Å². The molecule has 0 saturated carbocycles. The number of anilines is 2.